The minimum absolute atomic E-state index is 0.00825. The van der Waals surface area contributed by atoms with Gasteiger partial charge < -0.3 is 24.8 Å². The number of halogens is 1. The van der Waals surface area contributed by atoms with E-state index in [1.807, 2.05) is 21.7 Å². The quantitative estimate of drug-likeness (QED) is 0.237. The number of phenols is 2. The fraction of sp³-hybridized carbons (Fsp3) is 0.424. The summed E-state index contributed by atoms with van der Waals surface area (Å²) >= 11 is 6.09. The number of aromatic hydroxyl groups is 2. The molecule has 1 atom stereocenters. The van der Waals surface area contributed by atoms with Crippen LogP contribution in [0.1, 0.15) is 61.1 Å². The summed E-state index contributed by atoms with van der Waals surface area (Å²) in [5.41, 5.74) is 0.179. The largest absolute Gasteiger partial charge is 0.504 e. The van der Waals surface area contributed by atoms with Gasteiger partial charge in [0.15, 0.2) is 22.7 Å². The van der Waals surface area contributed by atoms with Crippen molar-refractivity contribution in [1.29, 1.82) is 0 Å². The average Bonchev–Trinajstić information content (AvgIpc) is 3.56. The van der Waals surface area contributed by atoms with E-state index in [1.165, 1.54) is 32.1 Å². The summed E-state index contributed by atoms with van der Waals surface area (Å²) in [6, 6.07) is 9.31. The molecule has 2 fully saturated rings. The van der Waals surface area contributed by atoms with Crippen molar-refractivity contribution in [2.45, 2.75) is 64.0 Å². The van der Waals surface area contributed by atoms with Crippen molar-refractivity contribution in [2.75, 3.05) is 13.1 Å². The maximum atomic E-state index is 14.1. The highest BCUT2D eigenvalue weighted by Crippen LogP contribution is 2.47. The molecule has 2 amide bonds. The van der Waals surface area contributed by atoms with Crippen LogP contribution in [0.3, 0.4) is 0 Å². The Morgan fingerprint density at radius 1 is 1.04 bits per heavy atom. The fourth-order valence-electron chi connectivity index (χ4n) is 7.02. The number of nitrogens with one attached hydrogen (secondary N) is 1. The fourth-order valence-corrected chi connectivity index (χ4v) is 7.14. The molecule has 3 N–H and O–H groups in total. The van der Waals surface area contributed by atoms with Crippen LogP contribution in [-0.4, -0.2) is 60.8 Å². The highest BCUT2D eigenvalue weighted by atomic mass is 35.5. The number of carbonyl (C=O) groups is 2. The van der Waals surface area contributed by atoms with E-state index in [-0.39, 0.29) is 34.5 Å². The summed E-state index contributed by atoms with van der Waals surface area (Å²) in [7, 11) is 0. The van der Waals surface area contributed by atoms with Crippen LogP contribution in [0.15, 0.2) is 64.3 Å². The van der Waals surface area contributed by atoms with Crippen molar-refractivity contribution in [2.24, 2.45) is 11.3 Å². The Balaban J connectivity index is 1.23. The van der Waals surface area contributed by atoms with Crippen molar-refractivity contribution >= 4 is 34.4 Å². The van der Waals surface area contributed by atoms with Crippen LogP contribution >= 0.6 is 11.6 Å². The van der Waals surface area contributed by atoms with Crippen molar-refractivity contribution in [3.63, 3.8) is 0 Å². The van der Waals surface area contributed by atoms with Crippen LogP contribution in [0.5, 0.6) is 11.5 Å². The van der Waals surface area contributed by atoms with Crippen molar-refractivity contribution < 1.29 is 24.2 Å². The molecule has 2 aromatic carbocycles. The normalized spacial score (nSPS) is 17.7. The van der Waals surface area contributed by atoms with Gasteiger partial charge in [-0.2, -0.15) is 5.10 Å². The number of likely N-dealkylation sites (tertiary alicyclic amines) is 1. The van der Waals surface area contributed by atoms with Crippen LogP contribution in [-0.2, 0) is 17.8 Å². The Morgan fingerprint density at radius 3 is 2.44 bits per heavy atom. The first-order valence-electron chi connectivity index (χ1n) is 15.4. The number of hydrogen-bond acceptors (Lipinski definition) is 8. The molecule has 6 rings (SSSR count). The summed E-state index contributed by atoms with van der Waals surface area (Å²) in [5, 5.41) is 27.4. The highest BCUT2D eigenvalue weighted by Gasteiger charge is 2.44. The second-order valence-electron chi connectivity index (χ2n) is 12.3. The lowest BCUT2D eigenvalue weighted by Gasteiger charge is -2.48. The molecule has 1 aliphatic carbocycles. The van der Waals surface area contributed by atoms with Gasteiger partial charge >= 0.3 is 0 Å². The van der Waals surface area contributed by atoms with E-state index < -0.39 is 28.9 Å². The second-order valence-corrected chi connectivity index (χ2v) is 12.7. The summed E-state index contributed by atoms with van der Waals surface area (Å²) in [6.45, 7) is 1.86. The highest BCUT2D eigenvalue weighted by molar-refractivity contribution is 6.30. The number of benzene rings is 2. The van der Waals surface area contributed by atoms with Crippen molar-refractivity contribution in [1.82, 2.24) is 25.0 Å². The number of nitrogens with zero attached hydrogens (tertiary/aromatic N) is 4. The zero-order valence-electron chi connectivity index (χ0n) is 24.8. The number of amides is 2. The summed E-state index contributed by atoms with van der Waals surface area (Å²) in [5.74, 6) is -1.69. The molecule has 3 heterocycles. The molecule has 1 aliphatic heterocycles. The predicted molar refractivity (Wildman–Crippen MR) is 167 cm³/mol. The van der Waals surface area contributed by atoms with Gasteiger partial charge in [0.1, 0.15) is 24.3 Å². The third-order valence-electron chi connectivity index (χ3n) is 9.49. The molecule has 12 heteroatoms. The third-order valence-corrected chi connectivity index (χ3v) is 9.74. The number of hydrogen-bond donors (Lipinski definition) is 3. The van der Waals surface area contributed by atoms with Crippen molar-refractivity contribution in [3.8, 4) is 11.5 Å². The standard InChI is InChI=1S/C33H36ClN5O6/c34-23-8-6-21(7-9-23)14-25(37-31(43)30-16-26(40)24-15-27(41)28(42)17-29(24)45-30)32(44)38-12-10-33(11-13-38,18-39-20-35-19-36-39)22-4-2-1-3-5-22/h6-9,15-17,19-20,22,25,41-42H,1-5,10-14,18H2,(H,37,43)/t25-/m1/s1. The number of phenolic OH excluding ortho intramolecular Hbond substituents is 2. The minimum atomic E-state index is -0.939. The van der Waals surface area contributed by atoms with E-state index in [0.717, 1.165) is 43.1 Å². The average molecular weight is 634 g/mol. The number of fused-ring (bicyclic) bond motifs is 1. The van der Waals surface area contributed by atoms with Crippen LogP contribution in [0.2, 0.25) is 5.02 Å². The zero-order valence-corrected chi connectivity index (χ0v) is 25.6. The molecule has 4 aromatic rings. The molecule has 1 saturated heterocycles. The number of carbonyl (C=O) groups excluding carboxylic acids is 2. The molecule has 0 bridgehead atoms. The molecule has 1 saturated carbocycles. The number of rotatable bonds is 8. The first-order chi connectivity index (χ1) is 21.7. The van der Waals surface area contributed by atoms with Gasteiger partial charge in [0, 0.05) is 43.2 Å². The van der Waals surface area contributed by atoms with Gasteiger partial charge in [-0.25, -0.2) is 4.98 Å². The molecular weight excluding hydrogens is 598 g/mol. The van der Waals surface area contributed by atoms with E-state index in [9.17, 15) is 24.6 Å². The van der Waals surface area contributed by atoms with E-state index in [1.54, 1.807) is 24.8 Å². The SMILES string of the molecule is O=C(N[C@H](Cc1ccc(Cl)cc1)C(=O)N1CCC(Cn2cncn2)(C2CCCCC2)CC1)c1cc(=O)c2cc(O)c(O)cc2o1. The van der Waals surface area contributed by atoms with Gasteiger partial charge in [0.05, 0.1) is 5.39 Å². The maximum absolute atomic E-state index is 14.1. The maximum Gasteiger partial charge on any atom is 0.287 e. The topological polar surface area (TPSA) is 151 Å². The van der Waals surface area contributed by atoms with Gasteiger partial charge in [0.2, 0.25) is 5.91 Å². The van der Waals surface area contributed by atoms with Crippen LogP contribution < -0.4 is 10.7 Å². The Hall–Kier alpha value is -4.38. The van der Waals surface area contributed by atoms with Gasteiger partial charge in [-0.15, -0.1) is 0 Å². The number of aromatic nitrogens is 3. The summed E-state index contributed by atoms with van der Waals surface area (Å²) < 4.78 is 7.55. The van der Waals surface area contributed by atoms with E-state index in [4.69, 9.17) is 16.0 Å². The van der Waals surface area contributed by atoms with Crippen LogP contribution in [0.25, 0.3) is 11.0 Å². The predicted octanol–water partition coefficient (Wildman–Crippen LogP) is 4.68. The first kappa shape index (κ1) is 30.6. The molecule has 11 nitrogen and oxygen atoms in total. The van der Waals surface area contributed by atoms with E-state index in [0.29, 0.717) is 24.0 Å². The van der Waals surface area contributed by atoms with Crippen molar-refractivity contribution in [3.05, 3.63) is 81.7 Å². The van der Waals surface area contributed by atoms with E-state index in [2.05, 4.69) is 15.4 Å². The zero-order chi connectivity index (χ0) is 31.6. The molecule has 0 unspecified atom stereocenters. The Morgan fingerprint density at radius 2 is 1.76 bits per heavy atom. The molecule has 45 heavy (non-hydrogen) atoms. The molecule has 2 aliphatic rings. The second kappa shape index (κ2) is 12.9. The Kier molecular flexibility index (Phi) is 8.80. The third kappa shape index (κ3) is 6.68. The van der Waals surface area contributed by atoms with Gasteiger partial charge in [0.25, 0.3) is 5.91 Å². The Labute approximate surface area is 264 Å². The number of piperidine rings is 1. The molecule has 236 valence electrons. The van der Waals surface area contributed by atoms with Crippen LogP contribution in [0, 0.1) is 11.3 Å². The van der Waals surface area contributed by atoms with Gasteiger partial charge in [-0.1, -0.05) is 43.0 Å². The van der Waals surface area contributed by atoms with Gasteiger partial charge in [-0.3, -0.25) is 19.1 Å². The lowest BCUT2D eigenvalue weighted by atomic mass is 9.63. The lowest BCUT2D eigenvalue weighted by Crippen LogP contribution is -2.54. The smallest absolute Gasteiger partial charge is 0.287 e. The molecule has 0 radical (unpaired) electrons. The minimum Gasteiger partial charge on any atom is -0.504 e. The first-order valence-corrected chi connectivity index (χ1v) is 15.7. The molecule has 2 aromatic heterocycles. The van der Waals surface area contributed by atoms with Crippen LogP contribution in [0.4, 0.5) is 0 Å². The monoisotopic (exact) mass is 633 g/mol. The molecule has 0 spiro atoms. The lowest BCUT2D eigenvalue weighted by molar-refractivity contribution is -0.136. The molecular formula is C33H36ClN5O6. The van der Waals surface area contributed by atoms with Gasteiger partial charge in [-0.05, 0) is 60.8 Å². The Bertz CT molecular complexity index is 1730. The van der Waals surface area contributed by atoms with E-state index >= 15 is 0 Å². The summed E-state index contributed by atoms with van der Waals surface area (Å²) in [4.78, 5) is 46.3. The summed E-state index contributed by atoms with van der Waals surface area (Å²) in [6.07, 6.45) is 11.2.